The highest BCUT2D eigenvalue weighted by molar-refractivity contribution is 9.09. The normalized spacial score (nSPS) is 22.0. The van der Waals surface area contributed by atoms with Gasteiger partial charge in [-0.3, -0.25) is 0 Å². The van der Waals surface area contributed by atoms with Gasteiger partial charge in [0.15, 0.2) is 6.29 Å². The fourth-order valence-corrected chi connectivity index (χ4v) is 4.30. The molecule has 2 unspecified atom stereocenters. The van der Waals surface area contributed by atoms with Crippen LogP contribution in [0.25, 0.3) is 21.4 Å². The quantitative estimate of drug-likeness (QED) is 0.572. The van der Waals surface area contributed by atoms with Crippen LogP contribution in [0.2, 0.25) is 5.02 Å². The largest absolute Gasteiger partial charge is 0.351 e. The Morgan fingerprint density at radius 3 is 3.04 bits per heavy atom. The summed E-state index contributed by atoms with van der Waals surface area (Å²) in [6.07, 6.45) is 1.96. The fourth-order valence-electron chi connectivity index (χ4n) is 2.61. The van der Waals surface area contributed by atoms with Crippen LogP contribution >= 0.6 is 38.9 Å². The van der Waals surface area contributed by atoms with Gasteiger partial charge in [0.2, 0.25) is 0 Å². The molecule has 0 bridgehead atoms. The van der Waals surface area contributed by atoms with Gasteiger partial charge in [0, 0.05) is 16.5 Å². The molecule has 0 spiro atoms. The maximum atomic E-state index is 6.02. The Bertz CT molecular complexity index is 857. The zero-order valence-electron chi connectivity index (χ0n) is 12.2. The Morgan fingerprint density at radius 2 is 2.17 bits per heavy atom. The third kappa shape index (κ3) is 3.37. The number of fused-ring (bicyclic) bond motifs is 2. The van der Waals surface area contributed by atoms with Crippen LogP contribution in [0.15, 0.2) is 24.3 Å². The number of alkyl halides is 1. The van der Waals surface area contributed by atoms with Crippen LogP contribution in [0, 0.1) is 0 Å². The van der Waals surface area contributed by atoms with Gasteiger partial charge in [-0.15, -0.1) is 11.3 Å². The molecule has 4 rings (SSSR count). The molecule has 2 aromatic heterocycles. The van der Waals surface area contributed by atoms with Crippen molar-refractivity contribution >= 4 is 60.2 Å². The highest BCUT2D eigenvalue weighted by Crippen LogP contribution is 2.28. The van der Waals surface area contributed by atoms with Gasteiger partial charge in [0.1, 0.15) is 10.3 Å². The second kappa shape index (κ2) is 6.61. The Balaban J connectivity index is 1.57. The maximum absolute atomic E-state index is 6.02. The Hall–Kier alpha value is -0.790. The van der Waals surface area contributed by atoms with Crippen molar-refractivity contribution in [3.8, 4) is 0 Å². The monoisotopic (exact) mass is 412 g/mol. The van der Waals surface area contributed by atoms with Crippen LogP contribution in [-0.2, 0) is 16.1 Å². The van der Waals surface area contributed by atoms with Crippen LogP contribution < -0.4 is 0 Å². The number of nitrogens with zero attached hydrogens (tertiary/aromatic N) is 2. The van der Waals surface area contributed by atoms with Crippen molar-refractivity contribution < 1.29 is 9.47 Å². The van der Waals surface area contributed by atoms with Gasteiger partial charge in [-0.1, -0.05) is 27.5 Å². The highest BCUT2D eigenvalue weighted by atomic mass is 79.9. The molecule has 0 radical (unpaired) electrons. The molecular weight excluding hydrogens is 400 g/mol. The summed E-state index contributed by atoms with van der Waals surface area (Å²) in [7, 11) is 0. The summed E-state index contributed by atoms with van der Waals surface area (Å²) in [6.45, 7) is 1.26. The molecule has 4 nitrogen and oxygen atoms in total. The first kappa shape index (κ1) is 15.7. The Labute approximate surface area is 150 Å². The minimum Gasteiger partial charge on any atom is -0.351 e. The average Bonchev–Trinajstić information content (AvgIpc) is 2.93. The van der Waals surface area contributed by atoms with Crippen molar-refractivity contribution in [2.24, 2.45) is 0 Å². The minimum atomic E-state index is -0.187. The van der Waals surface area contributed by atoms with Gasteiger partial charge in [0.25, 0.3) is 0 Å². The molecule has 0 amide bonds. The summed E-state index contributed by atoms with van der Waals surface area (Å²) in [6, 6.07) is 7.60. The van der Waals surface area contributed by atoms with Crippen LogP contribution in [0.3, 0.4) is 0 Å². The van der Waals surface area contributed by atoms with E-state index in [1.165, 1.54) is 0 Å². The zero-order valence-corrected chi connectivity index (χ0v) is 15.3. The second-order valence-corrected chi connectivity index (χ2v) is 8.20. The summed E-state index contributed by atoms with van der Waals surface area (Å²) in [5.74, 6) is 0. The molecule has 1 saturated heterocycles. The number of hydrogen-bond acceptors (Lipinski definition) is 5. The van der Waals surface area contributed by atoms with E-state index in [1.54, 1.807) is 11.3 Å². The fraction of sp³-hybridized carbons (Fsp3) is 0.375. The Kier molecular flexibility index (Phi) is 4.52. The van der Waals surface area contributed by atoms with Crippen molar-refractivity contribution in [2.45, 2.75) is 30.6 Å². The van der Waals surface area contributed by atoms with Crippen LogP contribution in [0.4, 0.5) is 0 Å². The van der Waals surface area contributed by atoms with Crippen molar-refractivity contribution in [1.82, 2.24) is 9.97 Å². The first-order chi connectivity index (χ1) is 11.2. The summed E-state index contributed by atoms with van der Waals surface area (Å²) in [5.41, 5.74) is 2.56. The molecule has 23 heavy (non-hydrogen) atoms. The molecule has 2 atom stereocenters. The van der Waals surface area contributed by atoms with E-state index in [1.807, 2.05) is 24.3 Å². The third-order valence-electron chi connectivity index (χ3n) is 3.74. The number of halogens is 2. The topological polar surface area (TPSA) is 44.2 Å². The van der Waals surface area contributed by atoms with E-state index in [9.17, 15) is 0 Å². The molecule has 1 aromatic carbocycles. The van der Waals surface area contributed by atoms with Crippen LogP contribution in [0.5, 0.6) is 0 Å². The molecular formula is C16H14BrClN2O2S. The van der Waals surface area contributed by atoms with Crippen molar-refractivity contribution in [1.29, 1.82) is 0 Å². The number of ether oxygens (including phenoxy) is 2. The van der Waals surface area contributed by atoms with Crippen LogP contribution in [-0.4, -0.2) is 27.7 Å². The lowest BCUT2D eigenvalue weighted by Gasteiger charge is -2.27. The van der Waals surface area contributed by atoms with E-state index in [0.717, 1.165) is 45.7 Å². The van der Waals surface area contributed by atoms with E-state index in [2.05, 4.69) is 25.9 Å². The van der Waals surface area contributed by atoms with Crippen LogP contribution in [0.1, 0.15) is 17.7 Å². The molecule has 1 aliphatic rings. The van der Waals surface area contributed by atoms with Gasteiger partial charge in [-0.25, -0.2) is 9.97 Å². The predicted molar refractivity (Wildman–Crippen MR) is 96.4 cm³/mol. The van der Waals surface area contributed by atoms with E-state index in [0.29, 0.717) is 11.6 Å². The Morgan fingerprint density at radius 1 is 1.26 bits per heavy atom. The number of hydrogen-bond donors (Lipinski definition) is 0. The average molecular weight is 414 g/mol. The number of benzene rings is 1. The highest BCUT2D eigenvalue weighted by Gasteiger charge is 2.24. The predicted octanol–water partition coefficient (Wildman–Crippen LogP) is 4.91. The molecule has 7 heteroatoms. The first-order valence-corrected chi connectivity index (χ1v) is 9.53. The lowest BCUT2D eigenvalue weighted by molar-refractivity contribution is -0.163. The van der Waals surface area contributed by atoms with Gasteiger partial charge < -0.3 is 9.47 Å². The summed E-state index contributed by atoms with van der Waals surface area (Å²) in [4.78, 5) is 11.5. The van der Waals surface area contributed by atoms with Gasteiger partial charge in [-0.2, -0.15) is 0 Å². The van der Waals surface area contributed by atoms with Crippen molar-refractivity contribution in [3.63, 3.8) is 0 Å². The van der Waals surface area contributed by atoms with E-state index in [4.69, 9.17) is 21.1 Å². The van der Waals surface area contributed by atoms with E-state index >= 15 is 0 Å². The maximum Gasteiger partial charge on any atom is 0.170 e. The summed E-state index contributed by atoms with van der Waals surface area (Å²) in [5, 5.41) is 0.670. The molecule has 120 valence electrons. The third-order valence-corrected chi connectivity index (χ3v) is 5.85. The van der Waals surface area contributed by atoms with Crippen molar-refractivity contribution in [2.75, 3.05) is 6.61 Å². The summed E-state index contributed by atoms with van der Waals surface area (Å²) < 4.78 is 11.5. The SMILES string of the molecule is Clc1ccc2nc3cc(COC4OCCCC4Br)sc3nc2c1. The summed E-state index contributed by atoms with van der Waals surface area (Å²) >= 11 is 11.2. The minimum absolute atomic E-state index is 0.187. The number of rotatable bonds is 3. The van der Waals surface area contributed by atoms with E-state index < -0.39 is 0 Å². The second-order valence-electron chi connectivity index (χ2n) is 5.47. The molecule has 0 N–H and O–H groups in total. The molecule has 0 saturated carbocycles. The lowest BCUT2D eigenvalue weighted by Crippen LogP contribution is -2.32. The van der Waals surface area contributed by atoms with Crippen molar-refractivity contribution in [3.05, 3.63) is 34.2 Å². The van der Waals surface area contributed by atoms with Gasteiger partial charge in [0.05, 0.1) is 22.5 Å². The van der Waals surface area contributed by atoms with E-state index in [-0.39, 0.29) is 11.1 Å². The number of thiophene rings is 1. The standard InChI is InChI=1S/C16H14BrClN2O2S/c17-11-2-1-5-21-16(11)22-8-10-7-14-15(23-10)20-13-6-9(18)3-4-12(13)19-14/h3-4,6-7,11,16H,1-2,5,8H2. The molecule has 1 fully saturated rings. The molecule has 3 heterocycles. The molecule has 0 aliphatic carbocycles. The lowest BCUT2D eigenvalue weighted by atomic mass is 10.2. The molecule has 1 aliphatic heterocycles. The van der Waals surface area contributed by atoms with Gasteiger partial charge in [-0.05, 0) is 37.1 Å². The number of aromatic nitrogens is 2. The van der Waals surface area contributed by atoms with Gasteiger partial charge >= 0.3 is 0 Å². The zero-order chi connectivity index (χ0) is 15.8. The smallest absolute Gasteiger partial charge is 0.170 e. The molecule has 3 aromatic rings. The first-order valence-electron chi connectivity index (χ1n) is 7.42.